The van der Waals surface area contributed by atoms with Gasteiger partial charge in [0.15, 0.2) is 0 Å². The van der Waals surface area contributed by atoms with Crippen LogP contribution in [0.25, 0.3) is 0 Å². The Morgan fingerprint density at radius 3 is 2.67 bits per heavy atom. The average molecular weight is 261 g/mol. The minimum atomic E-state index is -0.812. The number of nitrogens with zero attached hydrogens (tertiary/aromatic N) is 1. The summed E-state index contributed by atoms with van der Waals surface area (Å²) in [5.74, 6) is -1.36. The number of aryl methyl sites for hydroxylation is 2. The van der Waals surface area contributed by atoms with E-state index in [1.165, 1.54) is 11.3 Å². The molecule has 1 heterocycles. The van der Waals surface area contributed by atoms with Gasteiger partial charge in [-0.3, -0.25) is 4.79 Å². The van der Waals surface area contributed by atoms with Crippen LogP contribution >= 0.6 is 11.3 Å². The molecule has 1 aromatic carbocycles. The van der Waals surface area contributed by atoms with E-state index in [1.807, 2.05) is 43.5 Å². The highest BCUT2D eigenvalue weighted by molar-refractivity contribution is 7.09. The second kappa shape index (κ2) is 5.31. The fourth-order valence-electron chi connectivity index (χ4n) is 1.87. The van der Waals surface area contributed by atoms with E-state index in [2.05, 4.69) is 4.98 Å². The van der Waals surface area contributed by atoms with Gasteiger partial charge in [0.2, 0.25) is 0 Å². The largest absolute Gasteiger partial charge is 0.481 e. The van der Waals surface area contributed by atoms with Crippen LogP contribution in [0.3, 0.4) is 0 Å². The lowest BCUT2D eigenvalue weighted by Gasteiger charge is -2.11. The lowest BCUT2D eigenvalue weighted by atomic mass is 9.96. The number of carboxylic acids is 1. The van der Waals surface area contributed by atoms with E-state index in [0.717, 1.165) is 16.8 Å². The minimum Gasteiger partial charge on any atom is -0.481 e. The number of hydrogen-bond donors (Lipinski definition) is 1. The van der Waals surface area contributed by atoms with Crippen molar-refractivity contribution in [2.45, 2.75) is 26.2 Å². The van der Waals surface area contributed by atoms with Gasteiger partial charge < -0.3 is 5.11 Å². The molecule has 0 radical (unpaired) electrons. The van der Waals surface area contributed by atoms with Crippen molar-refractivity contribution in [3.8, 4) is 0 Å². The number of aliphatic carboxylic acids is 1. The summed E-state index contributed by atoms with van der Waals surface area (Å²) < 4.78 is 0. The summed E-state index contributed by atoms with van der Waals surface area (Å²) in [4.78, 5) is 15.7. The number of hydrogen-bond acceptors (Lipinski definition) is 3. The van der Waals surface area contributed by atoms with Crippen LogP contribution < -0.4 is 0 Å². The number of thiazole rings is 1. The molecule has 0 aliphatic rings. The first-order chi connectivity index (χ1) is 8.58. The van der Waals surface area contributed by atoms with Crippen LogP contribution in [0.4, 0.5) is 0 Å². The van der Waals surface area contributed by atoms with Gasteiger partial charge in [0.1, 0.15) is 10.9 Å². The third-order valence-corrected chi connectivity index (χ3v) is 3.99. The SMILES string of the molecule is Cc1csc(C(Cc2ccccc2C)C(=O)O)n1. The Kier molecular flexibility index (Phi) is 3.77. The molecule has 0 saturated heterocycles. The standard InChI is InChI=1S/C14H15NO2S/c1-9-5-3-4-6-11(9)7-12(14(16)17)13-15-10(2)8-18-13/h3-6,8,12H,7H2,1-2H3,(H,16,17). The smallest absolute Gasteiger partial charge is 0.313 e. The Bertz CT molecular complexity index is 562. The molecule has 0 bridgehead atoms. The summed E-state index contributed by atoms with van der Waals surface area (Å²) in [5, 5.41) is 11.9. The molecule has 1 atom stereocenters. The van der Waals surface area contributed by atoms with Crippen LogP contribution in [-0.2, 0) is 11.2 Å². The maximum Gasteiger partial charge on any atom is 0.313 e. The first kappa shape index (κ1) is 12.8. The predicted molar refractivity (Wildman–Crippen MR) is 72.1 cm³/mol. The van der Waals surface area contributed by atoms with Crippen LogP contribution in [0.15, 0.2) is 29.6 Å². The maximum atomic E-state index is 11.4. The van der Waals surface area contributed by atoms with Crippen molar-refractivity contribution in [1.29, 1.82) is 0 Å². The van der Waals surface area contributed by atoms with Gasteiger partial charge in [0.25, 0.3) is 0 Å². The summed E-state index contributed by atoms with van der Waals surface area (Å²) in [5.41, 5.74) is 3.07. The number of carbonyl (C=O) groups is 1. The van der Waals surface area contributed by atoms with Crippen molar-refractivity contribution >= 4 is 17.3 Å². The summed E-state index contributed by atoms with van der Waals surface area (Å²) in [6, 6.07) is 7.88. The Morgan fingerprint density at radius 2 is 2.11 bits per heavy atom. The summed E-state index contributed by atoms with van der Waals surface area (Å²) >= 11 is 1.42. The fraction of sp³-hybridized carbons (Fsp3) is 0.286. The molecule has 3 nitrogen and oxygen atoms in total. The third-order valence-electron chi connectivity index (χ3n) is 2.92. The second-order valence-corrected chi connectivity index (χ2v) is 5.24. The lowest BCUT2D eigenvalue weighted by Crippen LogP contribution is -2.14. The van der Waals surface area contributed by atoms with E-state index in [0.29, 0.717) is 11.4 Å². The first-order valence-corrected chi connectivity index (χ1v) is 6.65. The molecule has 18 heavy (non-hydrogen) atoms. The summed E-state index contributed by atoms with van der Waals surface area (Å²) in [7, 11) is 0. The topological polar surface area (TPSA) is 50.2 Å². The van der Waals surface area contributed by atoms with E-state index in [1.54, 1.807) is 0 Å². The molecule has 2 rings (SSSR count). The Morgan fingerprint density at radius 1 is 1.39 bits per heavy atom. The molecule has 2 aromatic rings. The van der Waals surface area contributed by atoms with Gasteiger partial charge in [-0.05, 0) is 31.4 Å². The fourth-order valence-corrected chi connectivity index (χ4v) is 2.76. The Hall–Kier alpha value is -1.68. The molecule has 4 heteroatoms. The van der Waals surface area contributed by atoms with E-state index in [9.17, 15) is 9.90 Å². The molecule has 1 unspecified atom stereocenters. The number of carboxylic acid groups (broad SMARTS) is 1. The molecule has 0 spiro atoms. The van der Waals surface area contributed by atoms with Crippen LogP contribution in [0.1, 0.15) is 27.7 Å². The number of rotatable bonds is 4. The van der Waals surface area contributed by atoms with Gasteiger partial charge in [-0.15, -0.1) is 11.3 Å². The molecular formula is C14H15NO2S. The molecule has 1 N–H and O–H groups in total. The van der Waals surface area contributed by atoms with Gasteiger partial charge in [-0.25, -0.2) is 4.98 Å². The minimum absolute atomic E-state index is 0.495. The maximum absolute atomic E-state index is 11.4. The van der Waals surface area contributed by atoms with Crippen LogP contribution in [0, 0.1) is 13.8 Å². The summed E-state index contributed by atoms with van der Waals surface area (Å²) in [6.45, 7) is 3.88. The molecule has 0 aliphatic carbocycles. The zero-order chi connectivity index (χ0) is 13.1. The van der Waals surface area contributed by atoms with Crippen molar-refractivity contribution in [1.82, 2.24) is 4.98 Å². The van der Waals surface area contributed by atoms with Gasteiger partial charge in [0.05, 0.1) is 0 Å². The lowest BCUT2D eigenvalue weighted by molar-refractivity contribution is -0.138. The molecule has 94 valence electrons. The van der Waals surface area contributed by atoms with E-state index >= 15 is 0 Å². The number of benzene rings is 1. The normalized spacial score (nSPS) is 12.3. The van der Waals surface area contributed by atoms with Crippen LogP contribution in [-0.4, -0.2) is 16.1 Å². The third kappa shape index (κ3) is 2.76. The zero-order valence-electron chi connectivity index (χ0n) is 10.4. The van der Waals surface area contributed by atoms with Gasteiger partial charge in [-0.2, -0.15) is 0 Å². The Balaban J connectivity index is 2.28. The quantitative estimate of drug-likeness (QED) is 0.919. The van der Waals surface area contributed by atoms with Crippen molar-refractivity contribution < 1.29 is 9.90 Å². The van der Waals surface area contributed by atoms with Gasteiger partial charge >= 0.3 is 5.97 Å². The van der Waals surface area contributed by atoms with E-state index < -0.39 is 11.9 Å². The predicted octanol–water partition coefficient (Wildman–Crippen LogP) is 3.17. The molecule has 0 aliphatic heterocycles. The highest BCUT2D eigenvalue weighted by atomic mass is 32.1. The molecule has 0 amide bonds. The van der Waals surface area contributed by atoms with Crippen LogP contribution in [0.5, 0.6) is 0 Å². The van der Waals surface area contributed by atoms with E-state index in [4.69, 9.17) is 0 Å². The summed E-state index contributed by atoms with van der Waals surface area (Å²) in [6.07, 6.45) is 0.495. The zero-order valence-corrected chi connectivity index (χ0v) is 11.2. The van der Waals surface area contributed by atoms with E-state index in [-0.39, 0.29) is 0 Å². The molecule has 0 fully saturated rings. The monoisotopic (exact) mass is 261 g/mol. The van der Waals surface area contributed by atoms with Gasteiger partial charge in [-0.1, -0.05) is 24.3 Å². The molecule has 1 aromatic heterocycles. The first-order valence-electron chi connectivity index (χ1n) is 5.77. The molecule has 0 saturated carbocycles. The number of aromatic nitrogens is 1. The van der Waals surface area contributed by atoms with Crippen molar-refractivity contribution in [3.63, 3.8) is 0 Å². The van der Waals surface area contributed by atoms with Crippen molar-refractivity contribution in [3.05, 3.63) is 51.5 Å². The highest BCUT2D eigenvalue weighted by Crippen LogP contribution is 2.25. The van der Waals surface area contributed by atoms with Gasteiger partial charge in [0, 0.05) is 11.1 Å². The van der Waals surface area contributed by atoms with Crippen LogP contribution in [0.2, 0.25) is 0 Å². The van der Waals surface area contributed by atoms with Crippen molar-refractivity contribution in [2.75, 3.05) is 0 Å². The van der Waals surface area contributed by atoms with Crippen molar-refractivity contribution in [2.24, 2.45) is 0 Å². The average Bonchev–Trinajstić information content (AvgIpc) is 2.74. The second-order valence-electron chi connectivity index (χ2n) is 4.35. The highest BCUT2D eigenvalue weighted by Gasteiger charge is 2.23. The molecular weight excluding hydrogens is 246 g/mol. The Labute approximate surface area is 110 Å².